The number of likely N-dealkylation sites (N-methyl/N-ethyl adjacent to an activating group) is 1. The topological polar surface area (TPSA) is 12.0 Å². The second-order valence-electron chi connectivity index (χ2n) is 5.40. The van der Waals surface area contributed by atoms with E-state index in [-0.39, 0.29) is 11.6 Å². The summed E-state index contributed by atoms with van der Waals surface area (Å²) < 4.78 is 28.0. The molecule has 0 amide bonds. The van der Waals surface area contributed by atoms with E-state index >= 15 is 0 Å². The predicted octanol–water partition coefficient (Wildman–Crippen LogP) is 4.44. The standard InChI is InChI=1S/C15H20BrF2N/c1-19-11(8-10-4-2-3-5-10)9-12-14(17)7-6-13(16)15(12)18/h6-7,10-11,19H,2-5,8-9H2,1H3. The van der Waals surface area contributed by atoms with Crippen molar-refractivity contribution in [2.75, 3.05) is 7.05 Å². The number of benzene rings is 1. The van der Waals surface area contributed by atoms with Crippen molar-refractivity contribution in [1.82, 2.24) is 5.32 Å². The second-order valence-corrected chi connectivity index (χ2v) is 6.25. The Morgan fingerprint density at radius 1 is 1.32 bits per heavy atom. The fraction of sp³-hybridized carbons (Fsp3) is 0.600. The number of nitrogens with one attached hydrogen (secondary N) is 1. The first-order valence-corrected chi connectivity index (χ1v) is 7.70. The Morgan fingerprint density at radius 3 is 2.63 bits per heavy atom. The summed E-state index contributed by atoms with van der Waals surface area (Å²) in [5, 5.41) is 3.20. The van der Waals surface area contributed by atoms with Gasteiger partial charge < -0.3 is 5.32 Å². The third-order valence-electron chi connectivity index (χ3n) is 4.09. The van der Waals surface area contributed by atoms with Crippen LogP contribution in [0.1, 0.15) is 37.7 Å². The van der Waals surface area contributed by atoms with Crippen LogP contribution in [0.3, 0.4) is 0 Å². The van der Waals surface area contributed by atoms with Gasteiger partial charge in [-0.2, -0.15) is 0 Å². The van der Waals surface area contributed by atoms with E-state index in [4.69, 9.17) is 0 Å². The van der Waals surface area contributed by atoms with E-state index < -0.39 is 11.6 Å². The molecule has 19 heavy (non-hydrogen) atoms. The van der Waals surface area contributed by atoms with E-state index in [0.717, 1.165) is 6.42 Å². The molecule has 0 saturated heterocycles. The SMILES string of the molecule is CNC(Cc1c(F)ccc(Br)c1F)CC1CCCC1. The summed E-state index contributed by atoms with van der Waals surface area (Å²) in [7, 11) is 1.87. The zero-order chi connectivity index (χ0) is 13.8. The molecule has 0 bridgehead atoms. The van der Waals surface area contributed by atoms with Crippen molar-refractivity contribution in [1.29, 1.82) is 0 Å². The average molecular weight is 332 g/mol. The minimum atomic E-state index is -0.466. The molecule has 0 spiro atoms. The second kappa shape index (κ2) is 6.80. The van der Waals surface area contributed by atoms with Crippen molar-refractivity contribution >= 4 is 15.9 Å². The molecule has 0 aromatic heterocycles. The van der Waals surface area contributed by atoms with Gasteiger partial charge in [0.2, 0.25) is 0 Å². The summed E-state index contributed by atoms with van der Waals surface area (Å²) >= 11 is 3.12. The largest absolute Gasteiger partial charge is 0.317 e. The highest BCUT2D eigenvalue weighted by molar-refractivity contribution is 9.10. The lowest BCUT2D eigenvalue weighted by Crippen LogP contribution is -2.30. The van der Waals surface area contributed by atoms with Crippen LogP contribution < -0.4 is 5.32 Å². The molecule has 1 aromatic rings. The third kappa shape index (κ3) is 3.76. The monoisotopic (exact) mass is 331 g/mol. The highest BCUT2D eigenvalue weighted by Gasteiger charge is 2.22. The fourth-order valence-electron chi connectivity index (χ4n) is 2.95. The maximum Gasteiger partial charge on any atom is 0.143 e. The summed E-state index contributed by atoms with van der Waals surface area (Å²) in [5.41, 5.74) is 0.187. The molecule has 1 saturated carbocycles. The molecule has 0 heterocycles. The Morgan fingerprint density at radius 2 is 2.00 bits per heavy atom. The molecule has 1 atom stereocenters. The molecule has 1 N–H and O–H groups in total. The Hall–Kier alpha value is -0.480. The van der Waals surface area contributed by atoms with Crippen LogP contribution in [0.15, 0.2) is 16.6 Å². The Bertz CT molecular complexity index is 430. The van der Waals surface area contributed by atoms with Gasteiger partial charge in [-0.25, -0.2) is 8.78 Å². The first kappa shape index (κ1) is 14.9. The summed E-state index contributed by atoms with van der Waals surface area (Å²) in [6, 6.07) is 2.88. The number of halogens is 3. The molecule has 0 radical (unpaired) electrons. The lowest BCUT2D eigenvalue weighted by Gasteiger charge is -2.21. The van der Waals surface area contributed by atoms with Crippen LogP contribution in [0.2, 0.25) is 0 Å². The van der Waals surface area contributed by atoms with Gasteiger partial charge in [-0.1, -0.05) is 25.7 Å². The summed E-state index contributed by atoms with van der Waals surface area (Å²) in [6.07, 6.45) is 6.50. The van der Waals surface area contributed by atoms with E-state index in [1.807, 2.05) is 7.05 Å². The minimum absolute atomic E-state index is 0.140. The maximum absolute atomic E-state index is 14.0. The molecular formula is C15H20BrF2N. The van der Waals surface area contributed by atoms with Gasteiger partial charge in [0.1, 0.15) is 11.6 Å². The van der Waals surface area contributed by atoms with Crippen molar-refractivity contribution in [2.45, 2.75) is 44.6 Å². The molecule has 2 rings (SSSR count). The smallest absolute Gasteiger partial charge is 0.143 e. The Labute approximate surface area is 121 Å². The molecule has 1 aliphatic carbocycles. The molecule has 0 aliphatic heterocycles. The van der Waals surface area contributed by atoms with E-state index in [9.17, 15) is 8.78 Å². The van der Waals surface area contributed by atoms with Gasteiger partial charge in [0, 0.05) is 11.6 Å². The lowest BCUT2D eigenvalue weighted by molar-refractivity contribution is 0.394. The first-order chi connectivity index (χ1) is 9.11. The van der Waals surface area contributed by atoms with Crippen LogP contribution in [-0.2, 0) is 6.42 Å². The highest BCUT2D eigenvalue weighted by Crippen LogP contribution is 2.30. The molecule has 1 aliphatic rings. The van der Waals surface area contributed by atoms with E-state index in [2.05, 4.69) is 21.2 Å². The van der Waals surface area contributed by atoms with Crippen LogP contribution in [0.5, 0.6) is 0 Å². The number of hydrogen-bond acceptors (Lipinski definition) is 1. The lowest BCUT2D eigenvalue weighted by atomic mass is 9.93. The molecule has 1 fully saturated rings. The van der Waals surface area contributed by atoms with Gasteiger partial charge in [0.25, 0.3) is 0 Å². The molecule has 106 valence electrons. The van der Waals surface area contributed by atoms with Gasteiger partial charge in [-0.15, -0.1) is 0 Å². The molecule has 1 nitrogen and oxygen atoms in total. The van der Waals surface area contributed by atoms with Crippen LogP contribution in [0.4, 0.5) is 8.78 Å². The quantitative estimate of drug-likeness (QED) is 0.786. The molecule has 4 heteroatoms. The highest BCUT2D eigenvalue weighted by atomic mass is 79.9. The number of hydrogen-bond donors (Lipinski definition) is 1. The van der Waals surface area contributed by atoms with Crippen LogP contribution in [0, 0.1) is 17.6 Å². The van der Waals surface area contributed by atoms with E-state index in [1.165, 1.54) is 37.8 Å². The third-order valence-corrected chi connectivity index (χ3v) is 4.70. The van der Waals surface area contributed by atoms with Gasteiger partial charge in [-0.05, 0) is 53.9 Å². The van der Waals surface area contributed by atoms with Gasteiger partial charge >= 0.3 is 0 Å². The predicted molar refractivity (Wildman–Crippen MR) is 77.2 cm³/mol. The van der Waals surface area contributed by atoms with Crippen LogP contribution in [0.25, 0.3) is 0 Å². The zero-order valence-electron chi connectivity index (χ0n) is 11.2. The Kier molecular flexibility index (Phi) is 5.34. The van der Waals surface area contributed by atoms with E-state index in [0.29, 0.717) is 16.8 Å². The average Bonchev–Trinajstić information content (AvgIpc) is 2.90. The number of rotatable bonds is 5. The van der Waals surface area contributed by atoms with Crippen molar-refractivity contribution in [2.24, 2.45) is 5.92 Å². The van der Waals surface area contributed by atoms with Gasteiger partial charge in [0.05, 0.1) is 4.47 Å². The first-order valence-electron chi connectivity index (χ1n) is 6.91. The molecular weight excluding hydrogens is 312 g/mol. The van der Waals surface area contributed by atoms with Gasteiger partial charge in [0.15, 0.2) is 0 Å². The normalized spacial score (nSPS) is 17.9. The van der Waals surface area contributed by atoms with Crippen LogP contribution >= 0.6 is 15.9 Å². The van der Waals surface area contributed by atoms with Crippen molar-refractivity contribution in [3.05, 3.63) is 33.8 Å². The minimum Gasteiger partial charge on any atom is -0.317 e. The Balaban J connectivity index is 2.07. The maximum atomic E-state index is 14.0. The summed E-state index contributed by atoms with van der Waals surface area (Å²) in [4.78, 5) is 0. The fourth-order valence-corrected chi connectivity index (χ4v) is 3.33. The zero-order valence-corrected chi connectivity index (χ0v) is 12.8. The van der Waals surface area contributed by atoms with Crippen molar-refractivity contribution < 1.29 is 8.78 Å². The molecule has 1 aromatic carbocycles. The van der Waals surface area contributed by atoms with Crippen LogP contribution in [-0.4, -0.2) is 13.1 Å². The van der Waals surface area contributed by atoms with Crippen molar-refractivity contribution in [3.63, 3.8) is 0 Å². The van der Waals surface area contributed by atoms with Gasteiger partial charge in [-0.3, -0.25) is 0 Å². The van der Waals surface area contributed by atoms with Crippen molar-refractivity contribution in [3.8, 4) is 0 Å². The molecule has 1 unspecified atom stereocenters. The van der Waals surface area contributed by atoms with E-state index in [1.54, 1.807) is 0 Å². The summed E-state index contributed by atoms with van der Waals surface area (Å²) in [6.45, 7) is 0. The summed E-state index contributed by atoms with van der Waals surface area (Å²) in [5.74, 6) is -0.213.